The smallest absolute Gasteiger partial charge is 0.148 e. The highest BCUT2D eigenvalue weighted by Crippen LogP contribution is 2.44. The molecule has 0 aliphatic carbocycles. The molecule has 4 aliphatic heterocycles. The van der Waals surface area contributed by atoms with Crippen molar-refractivity contribution in [3.05, 3.63) is 0 Å². The second-order valence-electron chi connectivity index (χ2n) is 10.6. The Bertz CT molecular complexity index is 416. The van der Waals surface area contributed by atoms with Gasteiger partial charge >= 0.3 is 0 Å². The van der Waals surface area contributed by atoms with Crippen LogP contribution in [0.2, 0.25) is 36.9 Å². The lowest BCUT2D eigenvalue weighted by molar-refractivity contribution is 0.240. The lowest BCUT2D eigenvalue weighted by atomic mass is 9.30. The van der Waals surface area contributed by atoms with Gasteiger partial charge in [0.2, 0.25) is 0 Å². The predicted octanol–water partition coefficient (Wildman–Crippen LogP) is 4.63. The normalized spacial score (nSPS) is 29.4. The molecule has 0 aromatic carbocycles. The third-order valence-corrected chi connectivity index (χ3v) is 7.62. The molecular weight excluding hydrogens is 328 g/mol. The fourth-order valence-corrected chi connectivity index (χ4v) is 5.99. The monoisotopic (exact) mass is 377 g/mol. The van der Waals surface area contributed by atoms with E-state index in [0.29, 0.717) is 5.41 Å². The van der Waals surface area contributed by atoms with E-state index in [9.17, 15) is 0 Å². The number of hydrogen-bond acceptors (Lipinski definition) is 3. The summed E-state index contributed by atoms with van der Waals surface area (Å²) in [6.45, 7) is 15.0. The molecule has 0 radical (unpaired) electrons. The van der Waals surface area contributed by atoms with Crippen LogP contribution in [0.15, 0.2) is 0 Å². The van der Waals surface area contributed by atoms with Crippen molar-refractivity contribution in [1.29, 1.82) is 0 Å². The Morgan fingerprint density at radius 1 is 0.667 bits per heavy atom. The van der Waals surface area contributed by atoms with Crippen LogP contribution in [-0.2, 0) is 0 Å². The molecule has 0 N–H and O–H groups in total. The minimum Gasteiger partial charge on any atom is -0.307 e. The van der Waals surface area contributed by atoms with Crippen LogP contribution in [0.5, 0.6) is 0 Å². The first-order valence-electron chi connectivity index (χ1n) is 10.9. The van der Waals surface area contributed by atoms with Crippen molar-refractivity contribution in [3.63, 3.8) is 0 Å². The first kappa shape index (κ1) is 25.0. The average molecular weight is 377 g/mol. The summed E-state index contributed by atoms with van der Waals surface area (Å²) < 4.78 is 0. The second kappa shape index (κ2) is 10.7. The Labute approximate surface area is 172 Å². The van der Waals surface area contributed by atoms with Gasteiger partial charge in [0.25, 0.3) is 0 Å². The highest BCUT2D eigenvalue weighted by atomic mass is 15.1. The molecule has 4 heterocycles. The summed E-state index contributed by atoms with van der Waals surface area (Å²) >= 11 is 0. The summed E-state index contributed by atoms with van der Waals surface area (Å²) in [4.78, 5) is 7.49. The molecule has 27 heavy (non-hydrogen) atoms. The van der Waals surface area contributed by atoms with Crippen LogP contribution in [0, 0.1) is 5.41 Å². The summed E-state index contributed by atoms with van der Waals surface area (Å²) in [7, 11) is 6.79. The van der Waals surface area contributed by atoms with Gasteiger partial charge in [-0.2, -0.15) is 0 Å². The molecule has 4 rings (SSSR count). The van der Waals surface area contributed by atoms with E-state index in [1.807, 2.05) is 0 Å². The van der Waals surface area contributed by atoms with Crippen molar-refractivity contribution in [2.75, 3.05) is 60.4 Å². The molecular formula is C22H49B2N3. The van der Waals surface area contributed by atoms with Gasteiger partial charge in [-0.05, 0) is 77.5 Å². The third-order valence-electron chi connectivity index (χ3n) is 7.62. The number of nitrogens with zero attached hydrogens (tertiary/aromatic N) is 3. The molecule has 3 nitrogen and oxygen atoms in total. The fourth-order valence-electron chi connectivity index (χ4n) is 5.99. The molecule has 4 fully saturated rings. The summed E-state index contributed by atoms with van der Waals surface area (Å²) in [5.74, 6) is 1.96. The lowest BCUT2D eigenvalue weighted by Gasteiger charge is -2.44. The van der Waals surface area contributed by atoms with E-state index in [2.05, 4.69) is 49.7 Å². The molecule has 4 aliphatic rings. The van der Waals surface area contributed by atoms with Crippen molar-refractivity contribution >= 4 is 13.4 Å². The Morgan fingerprint density at radius 3 is 1.56 bits per heavy atom. The maximum Gasteiger partial charge on any atom is 0.148 e. The topological polar surface area (TPSA) is 9.72 Å². The van der Waals surface area contributed by atoms with Crippen LogP contribution in [0.1, 0.15) is 41.5 Å². The largest absolute Gasteiger partial charge is 0.307 e. The summed E-state index contributed by atoms with van der Waals surface area (Å²) in [5, 5.41) is 0. The van der Waals surface area contributed by atoms with Crippen LogP contribution in [0.4, 0.5) is 0 Å². The average Bonchev–Trinajstić information content (AvgIpc) is 2.53. The predicted molar refractivity (Wildman–Crippen MR) is 127 cm³/mol. The Morgan fingerprint density at radius 2 is 1.07 bits per heavy atom. The van der Waals surface area contributed by atoms with Crippen molar-refractivity contribution in [2.24, 2.45) is 5.41 Å². The molecule has 158 valence electrons. The molecule has 0 spiro atoms. The van der Waals surface area contributed by atoms with E-state index in [0.717, 1.165) is 25.1 Å². The van der Waals surface area contributed by atoms with E-state index in [4.69, 9.17) is 0 Å². The van der Waals surface area contributed by atoms with Gasteiger partial charge in [0.1, 0.15) is 13.4 Å². The molecule has 0 saturated carbocycles. The summed E-state index contributed by atoms with van der Waals surface area (Å²) in [6.07, 6.45) is 8.74. The van der Waals surface area contributed by atoms with E-state index < -0.39 is 0 Å². The van der Waals surface area contributed by atoms with Gasteiger partial charge in [-0.25, -0.2) is 0 Å². The van der Waals surface area contributed by atoms with Crippen molar-refractivity contribution in [2.45, 2.75) is 78.5 Å². The van der Waals surface area contributed by atoms with E-state index >= 15 is 0 Å². The first-order chi connectivity index (χ1) is 11.8. The number of rotatable bonds is 0. The van der Waals surface area contributed by atoms with Gasteiger partial charge in [0, 0.05) is 0 Å². The first-order valence-corrected chi connectivity index (χ1v) is 10.9. The zero-order chi connectivity index (χ0) is 18.0. The van der Waals surface area contributed by atoms with Crippen molar-refractivity contribution in [1.82, 2.24) is 14.7 Å². The Hall–Kier alpha value is 0.00987. The molecule has 5 heteroatoms. The molecule has 0 aromatic rings. The second-order valence-corrected chi connectivity index (χ2v) is 10.6. The summed E-state index contributed by atoms with van der Waals surface area (Å²) in [5.41, 5.74) is 0.624. The fraction of sp³-hybridized carbons (Fsp3) is 1.00. The highest BCUT2D eigenvalue weighted by molar-refractivity contribution is 6.61. The lowest BCUT2D eigenvalue weighted by Crippen LogP contribution is -2.48. The van der Waals surface area contributed by atoms with E-state index in [1.54, 1.807) is 0 Å². The van der Waals surface area contributed by atoms with Crippen LogP contribution in [0.25, 0.3) is 0 Å². The zero-order valence-corrected chi connectivity index (χ0v) is 17.6. The Balaban J connectivity index is 0.000000252. The number of fused-ring (bicyclic) bond motifs is 2. The van der Waals surface area contributed by atoms with Crippen LogP contribution < -0.4 is 0 Å². The van der Waals surface area contributed by atoms with Crippen LogP contribution >= 0.6 is 0 Å². The summed E-state index contributed by atoms with van der Waals surface area (Å²) in [6, 6.07) is 0. The minimum atomic E-state index is 0. The molecule has 0 bridgehead atoms. The third kappa shape index (κ3) is 7.08. The molecule has 1 unspecified atom stereocenters. The van der Waals surface area contributed by atoms with Gasteiger partial charge in [-0.3, -0.25) is 0 Å². The van der Waals surface area contributed by atoms with Crippen molar-refractivity contribution in [3.8, 4) is 0 Å². The Kier molecular flexibility index (Phi) is 9.92. The zero-order valence-electron chi connectivity index (χ0n) is 17.6. The van der Waals surface area contributed by atoms with Gasteiger partial charge < -0.3 is 14.7 Å². The van der Waals surface area contributed by atoms with Gasteiger partial charge in [0.05, 0.1) is 0 Å². The molecule has 0 aromatic heterocycles. The van der Waals surface area contributed by atoms with E-state index in [1.165, 1.54) is 77.4 Å². The molecule has 0 amide bonds. The SMILES string of the molecule is C.C.CN1CCB2CCC(C)(C)CC2C1.CN1CCB2CCN(C)CC2C1. The van der Waals surface area contributed by atoms with Crippen molar-refractivity contribution < 1.29 is 0 Å². The standard InChI is InChI=1S/C11H22BN.C9H19BN2.2CH4/c1-11(2)4-5-12-6-7-13(3)9-10(12)8-11;1-11-5-3-10-4-6-12(2)8-9(10)7-11;;/h10H,4-9H2,1-3H3;9H,3-8H2,1-2H3;2*1H4. The molecule has 4 saturated heterocycles. The molecule has 1 atom stereocenters. The maximum atomic E-state index is 2.52. The highest BCUT2D eigenvalue weighted by Gasteiger charge is 2.39. The van der Waals surface area contributed by atoms with Gasteiger partial charge in [0.15, 0.2) is 0 Å². The van der Waals surface area contributed by atoms with Crippen LogP contribution in [-0.4, -0.2) is 88.5 Å². The van der Waals surface area contributed by atoms with Crippen LogP contribution in [0.3, 0.4) is 0 Å². The maximum absolute atomic E-state index is 2.52. The van der Waals surface area contributed by atoms with Gasteiger partial charge in [-0.1, -0.05) is 66.8 Å². The van der Waals surface area contributed by atoms with Gasteiger partial charge in [-0.15, -0.1) is 0 Å². The quantitative estimate of drug-likeness (QED) is 0.570. The van der Waals surface area contributed by atoms with E-state index in [-0.39, 0.29) is 14.9 Å². The minimum absolute atomic E-state index is 0. The number of hydrogen-bond donors (Lipinski definition) is 0.